The summed E-state index contributed by atoms with van der Waals surface area (Å²) in [5, 5.41) is 0. The molecule has 1 atom stereocenters. The Hall–Kier alpha value is -1.09. The van der Waals surface area contributed by atoms with Crippen LogP contribution in [-0.4, -0.2) is 17.6 Å². The van der Waals surface area contributed by atoms with E-state index in [0.717, 1.165) is 13.0 Å². The number of hydrogen-bond donors (Lipinski definition) is 1. The van der Waals surface area contributed by atoms with Crippen molar-refractivity contribution in [2.75, 3.05) is 11.4 Å². The van der Waals surface area contributed by atoms with Gasteiger partial charge in [-0.05, 0) is 37.8 Å². The summed E-state index contributed by atoms with van der Waals surface area (Å²) >= 11 is 5.19. The molecule has 0 saturated heterocycles. The lowest BCUT2D eigenvalue weighted by Crippen LogP contribution is -2.46. The minimum Gasteiger partial charge on any atom is -0.392 e. The SMILES string of the molecule is CCC(C(N)=S)N1CCCc2cc(C)ccc21. The summed E-state index contributed by atoms with van der Waals surface area (Å²) in [5.74, 6) is 0. The number of nitrogens with zero attached hydrogens (tertiary/aromatic N) is 1. The molecule has 0 radical (unpaired) electrons. The lowest BCUT2D eigenvalue weighted by Gasteiger charge is -2.37. The van der Waals surface area contributed by atoms with Crippen molar-refractivity contribution in [1.29, 1.82) is 0 Å². The van der Waals surface area contributed by atoms with Crippen molar-refractivity contribution < 1.29 is 0 Å². The first-order chi connectivity index (χ1) is 8.13. The van der Waals surface area contributed by atoms with Crippen LogP contribution in [0.25, 0.3) is 0 Å². The maximum absolute atomic E-state index is 5.85. The summed E-state index contributed by atoms with van der Waals surface area (Å²) < 4.78 is 0. The Balaban J connectivity index is 2.37. The second kappa shape index (κ2) is 5.05. The monoisotopic (exact) mass is 248 g/mol. The summed E-state index contributed by atoms with van der Waals surface area (Å²) in [6.45, 7) is 5.35. The fraction of sp³-hybridized carbons (Fsp3) is 0.500. The van der Waals surface area contributed by atoms with Crippen LogP contribution in [0.15, 0.2) is 18.2 Å². The van der Waals surface area contributed by atoms with Crippen LogP contribution in [0.1, 0.15) is 30.9 Å². The highest BCUT2D eigenvalue weighted by atomic mass is 32.1. The Kier molecular flexibility index (Phi) is 3.67. The average molecular weight is 248 g/mol. The normalized spacial score (nSPS) is 16.5. The minimum absolute atomic E-state index is 0.201. The van der Waals surface area contributed by atoms with Crippen LogP contribution in [0.3, 0.4) is 0 Å². The molecule has 0 bridgehead atoms. The number of benzene rings is 1. The van der Waals surface area contributed by atoms with Gasteiger partial charge in [-0.1, -0.05) is 36.8 Å². The molecule has 2 nitrogen and oxygen atoms in total. The molecule has 17 heavy (non-hydrogen) atoms. The molecule has 1 aromatic carbocycles. The quantitative estimate of drug-likeness (QED) is 0.834. The Morgan fingerprint density at radius 1 is 1.53 bits per heavy atom. The van der Waals surface area contributed by atoms with Crippen LogP contribution < -0.4 is 10.6 Å². The second-order valence-corrected chi connectivity index (χ2v) is 5.23. The third-order valence-electron chi connectivity index (χ3n) is 3.48. The van der Waals surface area contributed by atoms with Gasteiger partial charge < -0.3 is 10.6 Å². The van der Waals surface area contributed by atoms with Crippen LogP contribution in [-0.2, 0) is 6.42 Å². The smallest absolute Gasteiger partial charge is 0.0955 e. The summed E-state index contributed by atoms with van der Waals surface area (Å²) in [6, 6.07) is 6.87. The summed E-state index contributed by atoms with van der Waals surface area (Å²) in [7, 11) is 0. The number of rotatable bonds is 3. The number of fused-ring (bicyclic) bond motifs is 1. The fourth-order valence-corrected chi connectivity index (χ4v) is 2.95. The topological polar surface area (TPSA) is 29.3 Å². The summed E-state index contributed by atoms with van der Waals surface area (Å²) in [6.07, 6.45) is 3.33. The molecule has 1 aromatic rings. The predicted molar refractivity (Wildman–Crippen MR) is 77.7 cm³/mol. The molecule has 92 valence electrons. The molecular weight excluding hydrogens is 228 g/mol. The molecule has 2 N–H and O–H groups in total. The molecule has 0 amide bonds. The van der Waals surface area contributed by atoms with Gasteiger partial charge >= 0.3 is 0 Å². The van der Waals surface area contributed by atoms with Crippen molar-refractivity contribution in [3.8, 4) is 0 Å². The Bertz CT molecular complexity index is 428. The third kappa shape index (κ3) is 2.44. The zero-order chi connectivity index (χ0) is 12.4. The van der Waals surface area contributed by atoms with Gasteiger partial charge in [-0.25, -0.2) is 0 Å². The molecule has 0 fully saturated rings. The first-order valence-electron chi connectivity index (χ1n) is 6.29. The average Bonchev–Trinajstić information content (AvgIpc) is 2.29. The molecule has 0 aromatic heterocycles. The number of aryl methyl sites for hydroxylation is 2. The molecule has 0 saturated carbocycles. The fourth-order valence-electron chi connectivity index (χ4n) is 2.65. The molecule has 2 rings (SSSR count). The Morgan fingerprint density at radius 2 is 2.29 bits per heavy atom. The van der Waals surface area contributed by atoms with Crippen molar-refractivity contribution in [1.82, 2.24) is 0 Å². The van der Waals surface area contributed by atoms with Gasteiger partial charge in [0, 0.05) is 12.2 Å². The number of thiocarbonyl (C=S) groups is 1. The van der Waals surface area contributed by atoms with Gasteiger partial charge in [-0.15, -0.1) is 0 Å². The van der Waals surface area contributed by atoms with Gasteiger partial charge in [0.05, 0.1) is 11.0 Å². The highest BCUT2D eigenvalue weighted by molar-refractivity contribution is 7.80. The number of anilines is 1. The van der Waals surface area contributed by atoms with Gasteiger partial charge in [0.1, 0.15) is 0 Å². The van der Waals surface area contributed by atoms with Gasteiger partial charge in [-0.2, -0.15) is 0 Å². The first kappa shape index (κ1) is 12.4. The predicted octanol–water partition coefficient (Wildman–Crippen LogP) is 2.81. The standard InChI is InChI=1S/C14H20N2S/c1-3-12(14(15)17)16-8-4-5-11-9-10(2)6-7-13(11)16/h6-7,9,12H,3-5,8H2,1-2H3,(H2,15,17). The van der Waals surface area contributed by atoms with Gasteiger partial charge in [0.25, 0.3) is 0 Å². The highest BCUT2D eigenvalue weighted by Crippen LogP contribution is 2.30. The molecular formula is C14H20N2S. The van der Waals surface area contributed by atoms with E-state index in [0.29, 0.717) is 4.99 Å². The lowest BCUT2D eigenvalue weighted by atomic mass is 9.97. The van der Waals surface area contributed by atoms with E-state index in [4.69, 9.17) is 18.0 Å². The van der Waals surface area contributed by atoms with E-state index in [2.05, 4.69) is 36.9 Å². The van der Waals surface area contributed by atoms with E-state index in [1.807, 2.05) is 0 Å². The zero-order valence-electron chi connectivity index (χ0n) is 10.6. The van der Waals surface area contributed by atoms with E-state index in [1.54, 1.807) is 0 Å². The molecule has 1 aliphatic heterocycles. The van der Waals surface area contributed by atoms with Crippen LogP contribution in [0, 0.1) is 6.92 Å². The van der Waals surface area contributed by atoms with Crippen molar-refractivity contribution >= 4 is 22.9 Å². The molecule has 1 aliphatic rings. The van der Waals surface area contributed by atoms with Crippen molar-refractivity contribution in [3.05, 3.63) is 29.3 Å². The zero-order valence-corrected chi connectivity index (χ0v) is 11.4. The van der Waals surface area contributed by atoms with E-state index >= 15 is 0 Å². The van der Waals surface area contributed by atoms with Gasteiger partial charge in [0.15, 0.2) is 0 Å². The molecule has 0 aliphatic carbocycles. The molecule has 3 heteroatoms. The maximum atomic E-state index is 5.85. The van der Waals surface area contributed by atoms with Crippen molar-refractivity contribution in [3.63, 3.8) is 0 Å². The van der Waals surface area contributed by atoms with Gasteiger partial charge in [0.2, 0.25) is 0 Å². The highest BCUT2D eigenvalue weighted by Gasteiger charge is 2.24. The first-order valence-corrected chi connectivity index (χ1v) is 6.69. The Morgan fingerprint density at radius 3 is 2.94 bits per heavy atom. The third-order valence-corrected chi connectivity index (χ3v) is 3.75. The number of nitrogens with two attached hydrogens (primary N) is 1. The molecule has 1 unspecified atom stereocenters. The van der Waals surface area contributed by atoms with Crippen LogP contribution in [0.4, 0.5) is 5.69 Å². The van der Waals surface area contributed by atoms with Crippen molar-refractivity contribution in [2.45, 2.75) is 39.2 Å². The minimum atomic E-state index is 0.201. The molecule has 1 heterocycles. The van der Waals surface area contributed by atoms with E-state index in [1.165, 1.54) is 29.7 Å². The van der Waals surface area contributed by atoms with E-state index < -0.39 is 0 Å². The number of hydrogen-bond acceptors (Lipinski definition) is 2. The van der Waals surface area contributed by atoms with E-state index in [-0.39, 0.29) is 6.04 Å². The van der Waals surface area contributed by atoms with Crippen LogP contribution >= 0.6 is 12.2 Å². The molecule has 0 spiro atoms. The van der Waals surface area contributed by atoms with Gasteiger partial charge in [-0.3, -0.25) is 0 Å². The maximum Gasteiger partial charge on any atom is 0.0955 e. The Labute approximate surface area is 109 Å². The van der Waals surface area contributed by atoms with E-state index in [9.17, 15) is 0 Å². The second-order valence-electron chi connectivity index (χ2n) is 4.76. The van der Waals surface area contributed by atoms with Crippen molar-refractivity contribution in [2.24, 2.45) is 5.73 Å². The summed E-state index contributed by atoms with van der Waals surface area (Å²) in [5.41, 5.74) is 9.94. The van der Waals surface area contributed by atoms with Crippen LogP contribution in [0.5, 0.6) is 0 Å². The van der Waals surface area contributed by atoms with Crippen LogP contribution in [0.2, 0.25) is 0 Å². The summed E-state index contributed by atoms with van der Waals surface area (Å²) in [4.78, 5) is 2.99. The largest absolute Gasteiger partial charge is 0.392 e. The lowest BCUT2D eigenvalue weighted by molar-refractivity contribution is 0.635.